The molecule has 4 atom stereocenters. The molecule has 4 unspecified atom stereocenters. The van der Waals surface area contributed by atoms with E-state index in [1.54, 1.807) is 96.4 Å². The fourth-order valence-electron chi connectivity index (χ4n) is 17.9. The topological polar surface area (TPSA) is 466 Å². The molecule has 740 valence electrons. The molecule has 1 amide bonds. The van der Waals surface area contributed by atoms with Crippen LogP contribution in [0.4, 0.5) is 33.6 Å². The Bertz CT molecular complexity index is 4780. The van der Waals surface area contributed by atoms with Gasteiger partial charge in [-0.15, -0.1) is 17.0 Å². The van der Waals surface area contributed by atoms with Gasteiger partial charge >= 0.3 is 40.8 Å². The Hall–Kier alpha value is -7.61. The van der Waals surface area contributed by atoms with E-state index in [-0.39, 0.29) is 83.3 Å². The van der Waals surface area contributed by atoms with Gasteiger partial charge in [0.05, 0.1) is 70.6 Å². The second kappa shape index (κ2) is 53.3. The van der Waals surface area contributed by atoms with Crippen LogP contribution >= 0.6 is 65.0 Å². The monoisotopic (exact) mass is 2150 g/mol. The number of aromatic nitrogens is 8. The summed E-state index contributed by atoms with van der Waals surface area (Å²) in [6.45, 7) is 24.2. The summed E-state index contributed by atoms with van der Waals surface area (Å²) in [4.78, 5) is 89.1. The Morgan fingerprint density at radius 3 is 1.17 bits per heavy atom. The first-order valence-electron chi connectivity index (χ1n) is 45.3. The van der Waals surface area contributed by atoms with Crippen LogP contribution in [0.2, 0.25) is 0 Å². The molecule has 0 bridgehead atoms. The number of rotatable bonds is 11. The number of piperidine rings is 4. The summed E-state index contributed by atoms with van der Waals surface area (Å²) >= 11 is 9.47. The number of anilines is 3. The van der Waals surface area contributed by atoms with E-state index in [1.165, 1.54) is 48.9 Å². The number of hydrogen-bond acceptors (Lipinski definition) is 34. The van der Waals surface area contributed by atoms with Gasteiger partial charge in [-0.1, -0.05) is 30.6 Å². The number of nitrogens with one attached hydrogen (secondary N) is 3. The molecular formula is C94H135Br4MgN23O14. The zero-order chi connectivity index (χ0) is 96.9. The fourth-order valence-corrected chi connectivity index (χ4v) is 19.0. The van der Waals surface area contributed by atoms with Crippen molar-refractivity contribution in [3.63, 3.8) is 0 Å². The maximum Gasteiger partial charge on any atom is 2.00 e. The van der Waals surface area contributed by atoms with Crippen LogP contribution < -0.4 is 31.5 Å². The van der Waals surface area contributed by atoms with Crippen LogP contribution in [0, 0.1) is 50.0 Å². The zero-order valence-corrected chi connectivity index (χ0v) is 86.9. The number of halogens is 4. The number of carbonyl (C=O) groups excluding carboxylic acids is 2. The number of nitrogen functional groups attached to an aromatic ring is 1. The number of ether oxygens (including phenoxy) is 1. The van der Waals surface area contributed by atoms with Crippen LogP contribution in [-0.4, -0.2) is 374 Å². The molecule has 42 heteroatoms. The van der Waals surface area contributed by atoms with Gasteiger partial charge in [-0.3, -0.25) is 29.6 Å². The average molecular weight is 2160 g/mol. The summed E-state index contributed by atoms with van der Waals surface area (Å²) in [6.07, 6.45) is 30.5. The van der Waals surface area contributed by atoms with E-state index in [2.05, 4.69) is 165 Å². The number of nitrogens with two attached hydrogens (primary N) is 1. The number of carbonyl (C=O) groups is 2. The van der Waals surface area contributed by atoms with E-state index in [0.29, 0.717) is 68.6 Å². The van der Waals surface area contributed by atoms with Crippen LogP contribution in [-0.2, 0) is 26.3 Å². The molecule has 12 saturated heterocycles. The van der Waals surface area contributed by atoms with Gasteiger partial charge in [-0.2, -0.15) is 6.07 Å². The van der Waals surface area contributed by atoms with Gasteiger partial charge in [0.2, 0.25) is 0 Å². The van der Waals surface area contributed by atoms with Crippen molar-refractivity contribution in [1.82, 2.24) is 89.1 Å². The predicted molar refractivity (Wildman–Crippen MR) is 539 cm³/mol. The van der Waals surface area contributed by atoms with Crippen molar-refractivity contribution in [2.45, 2.75) is 117 Å². The SMILES string of the molecule is Br.Brc1cccnc1.CC(C)(C)OC(=O)N1CC(O)(c2cccnc2)C1.CN1CC(O)(C2CCCN(c3ccc(N)nc3)C2)C1.CN1CC(O)(C2CCCN(c3ccc([N+](=O)[O-])nc3)C2)C1.CN1CC(O)(C2CCCNC2)C1.CN1CC(O)(C2CCCNC2)C1.CN1CC(O)(c2cccnc2)C1.O=C1CN(Br)C1.O=[N+]([O-])c1ccc(Br)cn1.OC1(c2cccnc2)CNC1.[H-].[Mg+2].[c-]1cccnc1. The van der Waals surface area contributed by atoms with Gasteiger partial charge in [-0.25, -0.2) is 25.8 Å². The van der Waals surface area contributed by atoms with E-state index in [0.717, 1.165) is 167 Å². The molecule has 0 aromatic carbocycles. The van der Waals surface area contributed by atoms with Gasteiger partial charge in [0.25, 0.3) is 0 Å². The van der Waals surface area contributed by atoms with Crippen molar-refractivity contribution in [3.8, 4) is 0 Å². The molecule has 37 nitrogen and oxygen atoms in total. The van der Waals surface area contributed by atoms with Gasteiger partial charge in [-0.05, 0) is 227 Å². The number of aliphatic hydroxyl groups is 7. The third-order valence-electron chi connectivity index (χ3n) is 25.0. The maximum atomic E-state index is 11.7. The molecule has 0 radical (unpaired) electrons. The maximum absolute atomic E-state index is 11.7. The molecule has 136 heavy (non-hydrogen) atoms. The molecule has 20 rings (SSSR count). The Morgan fingerprint density at radius 2 is 0.890 bits per heavy atom. The van der Waals surface area contributed by atoms with E-state index in [1.807, 2.05) is 102 Å². The third-order valence-corrected chi connectivity index (χ3v) is 26.5. The molecule has 12 aliphatic heterocycles. The Morgan fingerprint density at radius 1 is 0.500 bits per heavy atom. The minimum Gasteiger partial charge on any atom is -1.00 e. The molecule has 8 aromatic rings. The second-order valence-corrected chi connectivity index (χ2v) is 40.6. The molecule has 8 aromatic heterocycles. The number of nitro groups is 2. The minimum absolute atomic E-state index is 0. The number of pyridine rings is 8. The third kappa shape index (κ3) is 34.7. The zero-order valence-electron chi connectivity index (χ0n) is 80.0. The van der Waals surface area contributed by atoms with Crippen molar-refractivity contribution in [2.75, 3.05) is 208 Å². The second-order valence-electron chi connectivity index (χ2n) is 37.8. The van der Waals surface area contributed by atoms with Crippen LogP contribution in [0.25, 0.3) is 0 Å². The number of β-amino-alcohol motifs (C(OH)–C–C–N with tert-alkyl or cyclic N) is 7. The van der Waals surface area contributed by atoms with Crippen molar-refractivity contribution in [2.24, 2.45) is 23.7 Å². The van der Waals surface area contributed by atoms with Crippen LogP contribution in [0.1, 0.15) is 90.3 Å². The molecular weight excluding hydrogens is 2020 g/mol. The summed E-state index contributed by atoms with van der Waals surface area (Å²) in [5.41, 5.74) is 5.53. The Labute approximate surface area is 850 Å². The van der Waals surface area contributed by atoms with E-state index < -0.39 is 49.5 Å². The van der Waals surface area contributed by atoms with Crippen molar-refractivity contribution in [1.29, 1.82) is 0 Å². The summed E-state index contributed by atoms with van der Waals surface area (Å²) < 4.78 is 8.78. The number of Topliss-reactive ketones (excluding diaryl/α,β-unsaturated/α-hetero) is 1. The van der Waals surface area contributed by atoms with Gasteiger partial charge < -0.3 is 123 Å². The van der Waals surface area contributed by atoms with Crippen molar-refractivity contribution in [3.05, 3.63) is 230 Å². The van der Waals surface area contributed by atoms with Crippen LogP contribution in [0.15, 0.2) is 187 Å². The Kier molecular flexibility index (Phi) is 44.5. The molecule has 0 spiro atoms. The largest absolute Gasteiger partial charge is 2.00 e. The Balaban J connectivity index is 0.000000209. The summed E-state index contributed by atoms with van der Waals surface area (Å²) in [6, 6.07) is 31.3. The van der Waals surface area contributed by atoms with E-state index >= 15 is 0 Å². The molecule has 12 aliphatic rings. The normalized spacial score (nSPS) is 22.6. The number of ketones is 1. The first-order valence-corrected chi connectivity index (χ1v) is 47.6. The van der Waals surface area contributed by atoms with Crippen LogP contribution in [0.3, 0.4) is 0 Å². The van der Waals surface area contributed by atoms with Crippen LogP contribution in [0.5, 0.6) is 0 Å². The molecule has 0 aliphatic carbocycles. The van der Waals surface area contributed by atoms with E-state index in [9.17, 15) is 65.6 Å². The number of nitrogens with zero attached hydrogens (tertiary/aromatic N) is 19. The van der Waals surface area contributed by atoms with Gasteiger partial charge in [0, 0.05) is 240 Å². The molecule has 0 saturated carbocycles. The molecule has 12 N–H and O–H groups in total. The standard InChI is InChI=1S/C14H20N4O3.C14H22N4O.C13H18N2O3.2C9H18N2O.C9H12N2O.C8H10N2O.C5H3BrN2O2.C5H4BrN.C5H4N.C3H4BrNO.BrH.Mg.H/c1-16-9-14(19,10-16)11-3-2-6-17(8-11)12-4-5-13(15-7-12)18(20)21;1-17-9-14(19,10-17)11-3-2-6-18(8-11)12-4-5-13(15)16-7-12;1-12(2,3)18-11(16)15-8-13(17,9-15)10-5-4-6-14-7-10;3*1-11-6-9(12,7-11)8-3-2-4-10-5-8;11-8(5-10-6-8)7-2-1-3-9-4-7;6-4-1-2-5(7-3-4)8(9)10;6-5-2-1-3-7-4-5;1-2-4-6-5-3-1;4-5-1-3(6)2-5;;;/h4-5,7,11,19H,2-3,6,8-10H2,1H3;4-5,7,11,19H,2-3,6,8-10H2,1H3,(H2,15,16);4-7,17H,8-9H2,1-3H3;2*8,10,12H,2-7H2,1H3;2-5,12H,6-7H2,1H3;1-4,10-11H,5-6H2;1-3H;1-4H;1-2,4-5H;1-2H2;1H;;/q;;;;;;;;;-1;;;+2;-1. The number of likely N-dealkylation sites (N-methyl/N-ethyl adjacent to an activating group) is 5. The quantitative estimate of drug-likeness (QED) is 0.0198. The molecule has 20 heterocycles. The smallest absolute Gasteiger partial charge is 1.00 e. The summed E-state index contributed by atoms with van der Waals surface area (Å²) in [5, 5.41) is 102. The average Bonchev–Trinajstić information content (AvgIpc) is 0.818. The first kappa shape index (κ1) is 114. The van der Waals surface area contributed by atoms with E-state index in [4.69, 9.17) is 10.5 Å². The molecule has 12 fully saturated rings. The predicted octanol–water partition coefficient (Wildman–Crippen LogP) is 7.34. The summed E-state index contributed by atoms with van der Waals surface area (Å²) in [5.74, 6) is 2.18. The summed E-state index contributed by atoms with van der Waals surface area (Å²) in [7, 11) is 10.2. The first-order chi connectivity index (χ1) is 63.7. The van der Waals surface area contributed by atoms with Crippen molar-refractivity contribution >= 4 is 129 Å². The van der Waals surface area contributed by atoms with Crippen molar-refractivity contribution < 1.29 is 61.3 Å². The minimum atomic E-state index is -0.995. The van der Waals surface area contributed by atoms with Gasteiger partial charge in [0.15, 0.2) is 18.2 Å². The van der Waals surface area contributed by atoms with Gasteiger partial charge in [0.1, 0.15) is 28.2 Å². The number of hydrogen-bond donors (Lipinski definition) is 11. The fraction of sp³-hybridized carbons (Fsp3) is 0.553. The number of likely N-dealkylation sites (tertiary alicyclic amines) is 6. The number of amides is 1.